The zero-order valence-electron chi connectivity index (χ0n) is 6.26. The van der Waals surface area contributed by atoms with E-state index in [1.165, 1.54) is 0 Å². The van der Waals surface area contributed by atoms with Crippen LogP contribution in [-0.2, 0) is 4.74 Å². The molecule has 2 nitrogen and oxygen atoms in total. The average Bonchev–Trinajstić information content (AvgIpc) is 1.91. The SMILES string of the molecule is CCCO[C@@H](CC)CO. The molecule has 2 heteroatoms. The van der Waals surface area contributed by atoms with Crippen LogP contribution in [0.3, 0.4) is 0 Å². The molecule has 0 aromatic rings. The van der Waals surface area contributed by atoms with Gasteiger partial charge in [-0.1, -0.05) is 13.8 Å². The highest BCUT2D eigenvalue weighted by Gasteiger charge is 2.01. The normalized spacial score (nSPS) is 13.7. The second-order valence-corrected chi connectivity index (χ2v) is 2.08. The van der Waals surface area contributed by atoms with E-state index in [0.29, 0.717) is 0 Å². The van der Waals surface area contributed by atoms with Crippen LogP contribution in [-0.4, -0.2) is 24.4 Å². The lowest BCUT2D eigenvalue weighted by Gasteiger charge is -2.11. The molecule has 9 heavy (non-hydrogen) atoms. The van der Waals surface area contributed by atoms with Gasteiger partial charge < -0.3 is 9.84 Å². The molecule has 0 radical (unpaired) electrons. The van der Waals surface area contributed by atoms with Gasteiger partial charge in [-0.25, -0.2) is 0 Å². The van der Waals surface area contributed by atoms with Crippen LogP contribution in [0.2, 0.25) is 0 Å². The van der Waals surface area contributed by atoms with Gasteiger partial charge in [-0.2, -0.15) is 0 Å². The molecule has 0 fully saturated rings. The van der Waals surface area contributed by atoms with Gasteiger partial charge in [0.2, 0.25) is 0 Å². The van der Waals surface area contributed by atoms with E-state index in [1.54, 1.807) is 0 Å². The number of hydrogen-bond acceptors (Lipinski definition) is 2. The summed E-state index contributed by atoms with van der Waals surface area (Å²) in [6, 6.07) is 0. The Morgan fingerprint density at radius 3 is 2.44 bits per heavy atom. The maximum absolute atomic E-state index is 8.63. The largest absolute Gasteiger partial charge is 0.394 e. The minimum atomic E-state index is 0.0601. The van der Waals surface area contributed by atoms with Crippen LogP contribution in [0.15, 0.2) is 0 Å². The first kappa shape index (κ1) is 8.92. The molecule has 0 bridgehead atoms. The molecule has 0 heterocycles. The van der Waals surface area contributed by atoms with E-state index < -0.39 is 0 Å². The van der Waals surface area contributed by atoms with Crippen molar-refractivity contribution in [3.8, 4) is 0 Å². The topological polar surface area (TPSA) is 29.5 Å². The van der Waals surface area contributed by atoms with E-state index in [0.717, 1.165) is 19.4 Å². The molecule has 0 aliphatic carbocycles. The molecule has 0 rings (SSSR count). The molecule has 0 spiro atoms. The van der Waals surface area contributed by atoms with Crippen LogP contribution in [0.1, 0.15) is 26.7 Å². The molecule has 0 aromatic heterocycles. The van der Waals surface area contributed by atoms with Crippen LogP contribution >= 0.6 is 0 Å². The first-order valence-electron chi connectivity index (χ1n) is 3.57. The lowest BCUT2D eigenvalue weighted by Crippen LogP contribution is -2.16. The monoisotopic (exact) mass is 132 g/mol. The van der Waals surface area contributed by atoms with Gasteiger partial charge >= 0.3 is 0 Å². The second kappa shape index (κ2) is 6.05. The van der Waals surface area contributed by atoms with E-state index >= 15 is 0 Å². The predicted molar refractivity (Wildman–Crippen MR) is 37.4 cm³/mol. The summed E-state index contributed by atoms with van der Waals surface area (Å²) >= 11 is 0. The van der Waals surface area contributed by atoms with Crippen molar-refractivity contribution in [1.29, 1.82) is 0 Å². The van der Waals surface area contributed by atoms with E-state index in [9.17, 15) is 0 Å². The third kappa shape index (κ3) is 4.43. The average molecular weight is 132 g/mol. The number of rotatable bonds is 5. The van der Waals surface area contributed by atoms with Crippen molar-refractivity contribution in [2.24, 2.45) is 0 Å². The summed E-state index contributed by atoms with van der Waals surface area (Å²) in [4.78, 5) is 0. The molecule has 0 saturated heterocycles. The van der Waals surface area contributed by atoms with Gasteiger partial charge in [0, 0.05) is 6.61 Å². The quantitative estimate of drug-likeness (QED) is 0.608. The summed E-state index contributed by atoms with van der Waals surface area (Å²) in [5.41, 5.74) is 0. The molecular formula is C7H16O2. The van der Waals surface area contributed by atoms with E-state index in [2.05, 4.69) is 6.92 Å². The smallest absolute Gasteiger partial charge is 0.0803 e. The number of ether oxygens (including phenoxy) is 1. The van der Waals surface area contributed by atoms with Crippen LogP contribution in [0.25, 0.3) is 0 Å². The number of hydrogen-bond donors (Lipinski definition) is 1. The van der Waals surface area contributed by atoms with Gasteiger partial charge in [0.05, 0.1) is 12.7 Å². The van der Waals surface area contributed by atoms with Crippen LogP contribution in [0.5, 0.6) is 0 Å². The third-order valence-electron chi connectivity index (χ3n) is 1.22. The Kier molecular flexibility index (Phi) is 5.99. The van der Waals surface area contributed by atoms with Crippen molar-refractivity contribution in [1.82, 2.24) is 0 Å². The summed E-state index contributed by atoms with van der Waals surface area (Å²) in [5.74, 6) is 0. The van der Waals surface area contributed by atoms with Gasteiger partial charge in [-0.3, -0.25) is 0 Å². The van der Waals surface area contributed by atoms with Crippen molar-refractivity contribution < 1.29 is 9.84 Å². The highest BCUT2D eigenvalue weighted by atomic mass is 16.5. The standard InChI is InChI=1S/C7H16O2/c1-3-5-9-7(4-2)6-8/h7-8H,3-6H2,1-2H3/t7-/m0/s1. The Bertz CT molecular complexity index is 50.9. The van der Waals surface area contributed by atoms with Crippen molar-refractivity contribution in [2.45, 2.75) is 32.8 Å². The van der Waals surface area contributed by atoms with Crippen molar-refractivity contribution in [3.05, 3.63) is 0 Å². The van der Waals surface area contributed by atoms with Gasteiger partial charge in [-0.15, -0.1) is 0 Å². The molecule has 0 unspecified atom stereocenters. The van der Waals surface area contributed by atoms with Crippen LogP contribution in [0.4, 0.5) is 0 Å². The highest BCUT2D eigenvalue weighted by Crippen LogP contribution is 1.96. The molecule has 1 atom stereocenters. The minimum Gasteiger partial charge on any atom is -0.394 e. The fourth-order valence-electron chi connectivity index (χ4n) is 0.584. The molecule has 0 saturated carbocycles. The second-order valence-electron chi connectivity index (χ2n) is 2.08. The lowest BCUT2D eigenvalue weighted by molar-refractivity contribution is 0.0115. The zero-order chi connectivity index (χ0) is 7.11. The molecule has 0 amide bonds. The Hall–Kier alpha value is -0.0800. The zero-order valence-corrected chi connectivity index (χ0v) is 6.26. The first-order valence-corrected chi connectivity index (χ1v) is 3.57. The minimum absolute atomic E-state index is 0.0601. The number of aliphatic hydroxyl groups is 1. The third-order valence-corrected chi connectivity index (χ3v) is 1.22. The summed E-state index contributed by atoms with van der Waals surface area (Å²) in [5, 5.41) is 8.63. The Morgan fingerprint density at radius 1 is 1.44 bits per heavy atom. The highest BCUT2D eigenvalue weighted by molar-refractivity contribution is 4.50. The molecule has 1 N–H and O–H groups in total. The maximum Gasteiger partial charge on any atom is 0.0803 e. The Morgan fingerprint density at radius 2 is 2.11 bits per heavy atom. The van der Waals surface area contributed by atoms with E-state index in [-0.39, 0.29) is 12.7 Å². The summed E-state index contributed by atoms with van der Waals surface area (Å²) in [6.07, 6.45) is 1.98. The van der Waals surface area contributed by atoms with Crippen LogP contribution < -0.4 is 0 Å². The van der Waals surface area contributed by atoms with Crippen molar-refractivity contribution >= 4 is 0 Å². The molecule has 0 aliphatic rings. The van der Waals surface area contributed by atoms with Gasteiger partial charge in [-0.05, 0) is 12.8 Å². The van der Waals surface area contributed by atoms with E-state index in [4.69, 9.17) is 9.84 Å². The lowest BCUT2D eigenvalue weighted by atomic mass is 10.3. The predicted octanol–water partition coefficient (Wildman–Crippen LogP) is 1.18. The van der Waals surface area contributed by atoms with Crippen molar-refractivity contribution in [3.63, 3.8) is 0 Å². The summed E-state index contributed by atoms with van der Waals surface area (Å²) in [6.45, 7) is 4.98. The van der Waals surface area contributed by atoms with Crippen molar-refractivity contribution in [2.75, 3.05) is 13.2 Å². The molecular weight excluding hydrogens is 116 g/mol. The van der Waals surface area contributed by atoms with Crippen LogP contribution in [0, 0.1) is 0 Å². The Labute approximate surface area is 56.8 Å². The van der Waals surface area contributed by atoms with Gasteiger partial charge in [0.1, 0.15) is 0 Å². The number of aliphatic hydroxyl groups excluding tert-OH is 1. The molecule has 56 valence electrons. The fourth-order valence-corrected chi connectivity index (χ4v) is 0.584. The summed E-state index contributed by atoms with van der Waals surface area (Å²) < 4.78 is 5.24. The molecule has 0 aromatic carbocycles. The summed E-state index contributed by atoms with van der Waals surface area (Å²) in [7, 11) is 0. The maximum atomic E-state index is 8.63. The van der Waals surface area contributed by atoms with E-state index in [1.807, 2.05) is 6.92 Å². The Balaban J connectivity index is 3.09. The fraction of sp³-hybridized carbons (Fsp3) is 1.00. The van der Waals surface area contributed by atoms with Gasteiger partial charge in [0.15, 0.2) is 0 Å². The first-order chi connectivity index (χ1) is 4.35. The molecule has 0 aliphatic heterocycles. The van der Waals surface area contributed by atoms with Gasteiger partial charge in [0.25, 0.3) is 0 Å².